The van der Waals surface area contributed by atoms with E-state index in [-0.39, 0.29) is 17.9 Å². The molecule has 6 heteroatoms. The summed E-state index contributed by atoms with van der Waals surface area (Å²) < 4.78 is 5.27. The minimum Gasteiger partial charge on any atom is -0.497 e. The van der Waals surface area contributed by atoms with Crippen molar-refractivity contribution in [1.82, 2.24) is 10.2 Å². The third kappa shape index (κ3) is 8.08. The van der Waals surface area contributed by atoms with E-state index in [1.165, 1.54) is 12.0 Å². The molecule has 1 aliphatic rings. The summed E-state index contributed by atoms with van der Waals surface area (Å²) in [4.78, 5) is 28.4. The van der Waals surface area contributed by atoms with Gasteiger partial charge in [-0.05, 0) is 42.5 Å². The van der Waals surface area contributed by atoms with Gasteiger partial charge >= 0.3 is 0 Å². The number of ether oxygens (including phenoxy) is 1. The number of carbonyl (C=O) groups is 2. The van der Waals surface area contributed by atoms with E-state index in [4.69, 9.17) is 4.74 Å². The summed E-state index contributed by atoms with van der Waals surface area (Å²) in [6, 6.07) is 17.8. The molecule has 1 aliphatic carbocycles. The van der Waals surface area contributed by atoms with Crippen molar-refractivity contribution < 1.29 is 14.3 Å². The summed E-state index contributed by atoms with van der Waals surface area (Å²) in [7, 11) is 1.64. The maximum Gasteiger partial charge on any atom is 0.243 e. The fourth-order valence-electron chi connectivity index (χ4n) is 4.46. The van der Waals surface area contributed by atoms with Gasteiger partial charge in [0.05, 0.1) is 7.11 Å². The lowest BCUT2D eigenvalue weighted by atomic mass is 9.95. The van der Waals surface area contributed by atoms with Gasteiger partial charge in [-0.1, -0.05) is 68.7 Å². The Morgan fingerprint density at radius 3 is 2.38 bits per heavy atom. The molecule has 2 amide bonds. The van der Waals surface area contributed by atoms with E-state index in [1.807, 2.05) is 49.4 Å². The number of hydrogen-bond acceptors (Lipinski definition) is 4. The molecule has 0 bridgehead atoms. The molecule has 1 saturated carbocycles. The molecule has 34 heavy (non-hydrogen) atoms. The molecular formula is C28H38N2O3S. The van der Waals surface area contributed by atoms with Gasteiger partial charge in [-0.2, -0.15) is 11.8 Å². The molecule has 3 rings (SSSR count). The first-order valence-corrected chi connectivity index (χ1v) is 13.6. The molecule has 1 fully saturated rings. The first kappa shape index (κ1) is 26.1. The fraction of sp³-hybridized carbons (Fsp3) is 0.500. The Kier molecular flexibility index (Phi) is 10.8. The van der Waals surface area contributed by atoms with E-state index in [2.05, 4.69) is 17.4 Å². The molecule has 0 spiro atoms. The van der Waals surface area contributed by atoms with Gasteiger partial charge in [0.1, 0.15) is 11.8 Å². The summed E-state index contributed by atoms with van der Waals surface area (Å²) in [6.45, 7) is 2.41. The van der Waals surface area contributed by atoms with Crippen LogP contribution in [0.3, 0.4) is 0 Å². The van der Waals surface area contributed by atoms with Crippen molar-refractivity contribution in [1.29, 1.82) is 0 Å². The highest BCUT2D eigenvalue weighted by atomic mass is 32.2. The van der Waals surface area contributed by atoms with Gasteiger partial charge in [-0.15, -0.1) is 0 Å². The van der Waals surface area contributed by atoms with Gasteiger partial charge in [-0.25, -0.2) is 0 Å². The van der Waals surface area contributed by atoms with E-state index in [1.54, 1.807) is 23.8 Å². The highest BCUT2D eigenvalue weighted by Crippen LogP contribution is 2.21. The summed E-state index contributed by atoms with van der Waals surface area (Å²) >= 11 is 1.75. The second-order valence-electron chi connectivity index (χ2n) is 8.93. The third-order valence-electron chi connectivity index (χ3n) is 6.42. The van der Waals surface area contributed by atoms with Crippen LogP contribution in [0.4, 0.5) is 0 Å². The van der Waals surface area contributed by atoms with Crippen LogP contribution in [0, 0.1) is 0 Å². The highest BCUT2D eigenvalue weighted by molar-refractivity contribution is 7.98. The summed E-state index contributed by atoms with van der Waals surface area (Å²) in [5.74, 6) is 2.40. The number of rotatable bonds is 12. The Bertz CT molecular complexity index is 882. The van der Waals surface area contributed by atoms with Crippen LogP contribution in [-0.2, 0) is 21.9 Å². The van der Waals surface area contributed by atoms with Crippen LogP contribution in [0.1, 0.15) is 63.0 Å². The Hall–Kier alpha value is -2.47. The van der Waals surface area contributed by atoms with Crippen molar-refractivity contribution in [2.24, 2.45) is 0 Å². The summed E-state index contributed by atoms with van der Waals surface area (Å²) in [5, 5.41) is 3.24. The second kappa shape index (κ2) is 14.1. The first-order chi connectivity index (χ1) is 16.6. The zero-order valence-electron chi connectivity index (χ0n) is 20.5. The molecule has 2 aromatic rings. The monoisotopic (exact) mass is 482 g/mol. The zero-order valence-corrected chi connectivity index (χ0v) is 21.3. The van der Waals surface area contributed by atoms with Crippen molar-refractivity contribution in [3.8, 4) is 5.75 Å². The van der Waals surface area contributed by atoms with Crippen LogP contribution in [0.15, 0.2) is 54.6 Å². The van der Waals surface area contributed by atoms with Crippen molar-refractivity contribution in [2.75, 3.05) is 12.9 Å². The number of hydrogen-bond donors (Lipinski definition) is 1. The van der Waals surface area contributed by atoms with Gasteiger partial charge in [0, 0.05) is 30.5 Å². The average molecular weight is 483 g/mol. The SMILES string of the molecule is CC[C@H](C(=O)NC1CCCCC1)N(Cc1ccc(OC)cc1)C(=O)CCSCc1ccccc1. The molecular weight excluding hydrogens is 444 g/mol. The predicted molar refractivity (Wildman–Crippen MR) is 140 cm³/mol. The van der Waals surface area contributed by atoms with Crippen LogP contribution in [0.2, 0.25) is 0 Å². The van der Waals surface area contributed by atoms with Gasteiger partial charge in [0.15, 0.2) is 0 Å². The number of nitrogens with one attached hydrogen (secondary N) is 1. The molecule has 1 atom stereocenters. The maximum atomic E-state index is 13.4. The lowest BCUT2D eigenvalue weighted by molar-refractivity contribution is -0.141. The largest absolute Gasteiger partial charge is 0.497 e. The Morgan fingerprint density at radius 2 is 1.74 bits per heavy atom. The standard InChI is InChI=1S/C28H38N2O3S/c1-3-26(28(32)29-24-12-8-5-9-13-24)30(20-22-14-16-25(33-2)17-15-22)27(31)18-19-34-21-23-10-6-4-7-11-23/h4,6-7,10-11,14-17,24,26H,3,5,8-9,12-13,18-21H2,1-2H3,(H,29,32)/t26-/m1/s1. The van der Waals surface area contributed by atoms with Gasteiger partial charge < -0.3 is 15.0 Å². The molecule has 1 N–H and O–H groups in total. The van der Waals surface area contributed by atoms with E-state index in [0.29, 0.717) is 19.4 Å². The highest BCUT2D eigenvalue weighted by Gasteiger charge is 2.30. The van der Waals surface area contributed by atoms with Gasteiger partial charge in [0.25, 0.3) is 0 Å². The molecule has 2 aromatic carbocycles. The lowest BCUT2D eigenvalue weighted by Crippen LogP contribution is -2.51. The molecule has 184 valence electrons. The van der Waals surface area contributed by atoms with Crippen molar-refractivity contribution in [3.05, 3.63) is 65.7 Å². The predicted octanol–water partition coefficient (Wildman–Crippen LogP) is 5.57. The van der Waals surface area contributed by atoms with Crippen LogP contribution in [-0.4, -0.2) is 41.7 Å². The topological polar surface area (TPSA) is 58.6 Å². The zero-order chi connectivity index (χ0) is 24.2. The minimum atomic E-state index is -0.462. The number of nitrogens with zero attached hydrogens (tertiary/aromatic N) is 1. The van der Waals surface area contributed by atoms with Crippen LogP contribution < -0.4 is 10.1 Å². The van der Waals surface area contributed by atoms with E-state index in [9.17, 15) is 9.59 Å². The second-order valence-corrected chi connectivity index (χ2v) is 10.0. The molecule has 0 heterocycles. The summed E-state index contributed by atoms with van der Waals surface area (Å²) in [5.41, 5.74) is 2.25. The normalized spacial score (nSPS) is 14.9. The number of thioether (sulfide) groups is 1. The van der Waals surface area contributed by atoms with Gasteiger partial charge in [0.2, 0.25) is 11.8 Å². The van der Waals surface area contributed by atoms with Crippen LogP contribution >= 0.6 is 11.8 Å². The third-order valence-corrected chi connectivity index (χ3v) is 7.45. The summed E-state index contributed by atoms with van der Waals surface area (Å²) in [6.07, 6.45) is 6.64. The molecule has 0 saturated heterocycles. The van der Waals surface area contributed by atoms with Crippen molar-refractivity contribution in [3.63, 3.8) is 0 Å². The quantitative estimate of drug-likeness (QED) is 0.402. The molecule has 5 nitrogen and oxygen atoms in total. The average Bonchev–Trinajstić information content (AvgIpc) is 2.88. The Labute approximate surface area is 208 Å². The minimum absolute atomic E-state index is 0.0202. The van der Waals surface area contributed by atoms with Crippen molar-refractivity contribution >= 4 is 23.6 Å². The fourth-order valence-corrected chi connectivity index (χ4v) is 5.35. The number of methoxy groups -OCH3 is 1. The van der Waals surface area contributed by atoms with E-state index < -0.39 is 6.04 Å². The first-order valence-electron chi connectivity index (χ1n) is 12.4. The number of carbonyl (C=O) groups excluding carboxylic acids is 2. The molecule has 0 aromatic heterocycles. The molecule has 0 radical (unpaired) electrons. The lowest BCUT2D eigenvalue weighted by Gasteiger charge is -2.33. The molecule has 0 aliphatic heterocycles. The van der Waals surface area contributed by atoms with Crippen LogP contribution in [0.5, 0.6) is 5.75 Å². The number of amides is 2. The van der Waals surface area contributed by atoms with E-state index in [0.717, 1.165) is 48.5 Å². The van der Waals surface area contributed by atoms with Gasteiger partial charge in [-0.3, -0.25) is 9.59 Å². The number of benzene rings is 2. The van der Waals surface area contributed by atoms with Crippen LogP contribution in [0.25, 0.3) is 0 Å². The van der Waals surface area contributed by atoms with Crippen molar-refractivity contribution in [2.45, 2.75) is 76.3 Å². The Balaban J connectivity index is 1.65. The molecule has 0 unspecified atom stereocenters. The maximum absolute atomic E-state index is 13.4. The smallest absolute Gasteiger partial charge is 0.243 e. The Morgan fingerprint density at radius 1 is 1.03 bits per heavy atom. The van der Waals surface area contributed by atoms with E-state index >= 15 is 0 Å².